The zero-order chi connectivity index (χ0) is 15.0. The lowest BCUT2D eigenvalue weighted by Gasteiger charge is -2.15. The molecule has 0 unspecified atom stereocenters. The summed E-state index contributed by atoms with van der Waals surface area (Å²) in [4.78, 5) is 38.1. The van der Waals surface area contributed by atoms with Gasteiger partial charge >= 0.3 is 5.97 Å². The molecule has 2 atom stereocenters. The van der Waals surface area contributed by atoms with Gasteiger partial charge in [-0.3, -0.25) is 9.59 Å². The van der Waals surface area contributed by atoms with Gasteiger partial charge in [0, 0.05) is 5.57 Å². The van der Waals surface area contributed by atoms with E-state index < -0.39 is 17.8 Å². The van der Waals surface area contributed by atoms with Crippen LogP contribution in [0.3, 0.4) is 0 Å². The first-order valence-electron chi connectivity index (χ1n) is 6.95. The van der Waals surface area contributed by atoms with E-state index in [9.17, 15) is 14.4 Å². The minimum absolute atomic E-state index is 0.244. The molecule has 1 fully saturated rings. The average Bonchev–Trinajstić information content (AvgIpc) is 3.02. The maximum Gasteiger partial charge on any atom is 0.334 e. The molecule has 0 aromatic heterocycles. The number of carbonyl (C=O) groups is 3. The van der Waals surface area contributed by atoms with Crippen LogP contribution in [0.25, 0.3) is 0 Å². The first kappa shape index (κ1) is 13.5. The highest BCUT2D eigenvalue weighted by Gasteiger charge is 2.53. The Balaban J connectivity index is 1.91. The summed E-state index contributed by atoms with van der Waals surface area (Å²) in [7, 11) is 0. The first-order valence-corrected chi connectivity index (χ1v) is 6.95. The Labute approximate surface area is 122 Å². The third kappa shape index (κ3) is 2.05. The number of fused-ring (bicyclic) bond motifs is 1. The Bertz CT molecular complexity index is 635. The van der Waals surface area contributed by atoms with E-state index in [1.807, 2.05) is 6.07 Å². The third-order valence-corrected chi connectivity index (χ3v) is 3.88. The van der Waals surface area contributed by atoms with E-state index in [-0.39, 0.29) is 18.4 Å². The van der Waals surface area contributed by atoms with Gasteiger partial charge in [0.2, 0.25) is 11.8 Å². The molecular weight excluding hydrogens is 270 g/mol. The van der Waals surface area contributed by atoms with Gasteiger partial charge in [-0.25, -0.2) is 9.69 Å². The van der Waals surface area contributed by atoms with Gasteiger partial charge in [0.25, 0.3) is 0 Å². The summed E-state index contributed by atoms with van der Waals surface area (Å²) >= 11 is 0. The van der Waals surface area contributed by atoms with Gasteiger partial charge in [0.05, 0.1) is 24.1 Å². The van der Waals surface area contributed by atoms with Crippen LogP contribution < -0.4 is 4.90 Å². The number of ether oxygens (including phenoxy) is 1. The standard InChI is InChI=1S/C16H15NO4/c1-2-21-16(20)12-9-8-11-13(12)15(19)17(14(11)18)10-6-4-3-5-7-10/h3-7,9,11,13H,2,8H2,1H3/t11-,13-/m1/s1. The Hall–Kier alpha value is -2.43. The SMILES string of the molecule is CCOC(=O)C1=CC[C@H]2C(=O)N(c3ccccc3)C(=O)[C@@H]12. The summed E-state index contributed by atoms with van der Waals surface area (Å²) in [6, 6.07) is 8.78. The summed E-state index contributed by atoms with van der Waals surface area (Å²) in [6.07, 6.45) is 2.07. The summed E-state index contributed by atoms with van der Waals surface area (Å²) in [5, 5.41) is 0. The average molecular weight is 285 g/mol. The van der Waals surface area contributed by atoms with Crippen molar-refractivity contribution in [1.29, 1.82) is 0 Å². The Kier molecular flexibility index (Phi) is 3.33. The van der Waals surface area contributed by atoms with Crippen molar-refractivity contribution in [3.63, 3.8) is 0 Å². The summed E-state index contributed by atoms with van der Waals surface area (Å²) in [6.45, 7) is 1.96. The molecule has 0 N–H and O–H groups in total. The van der Waals surface area contributed by atoms with Gasteiger partial charge in [-0.1, -0.05) is 24.3 Å². The van der Waals surface area contributed by atoms with Gasteiger partial charge in [0.15, 0.2) is 0 Å². The molecule has 2 amide bonds. The molecule has 21 heavy (non-hydrogen) atoms. The predicted octanol–water partition coefficient (Wildman–Crippen LogP) is 1.69. The fraction of sp³-hybridized carbons (Fsp3) is 0.312. The van der Waals surface area contributed by atoms with Gasteiger partial charge in [-0.15, -0.1) is 0 Å². The predicted molar refractivity (Wildman–Crippen MR) is 75.2 cm³/mol. The normalized spacial score (nSPS) is 24.0. The first-order chi connectivity index (χ1) is 10.1. The second kappa shape index (κ2) is 5.16. The summed E-state index contributed by atoms with van der Waals surface area (Å²) in [5.74, 6) is -2.25. The van der Waals surface area contributed by atoms with Crippen LogP contribution in [0.1, 0.15) is 13.3 Å². The number of hydrogen-bond donors (Lipinski definition) is 0. The quantitative estimate of drug-likeness (QED) is 0.626. The fourth-order valence-corrected chi connectivity index (χ4v) is 2.95. The second-order valence-electron chi connectivity index (χ2n) is 5.05. The van der Waals surface area contributed by atoms with Crippen LogP contribution in [0, 0.1) is 11.8 Å². The molecule has 1 heterocycles. The number of rotatable bonds is 3. The number of allylic oxidation sites excluding steroid dienone is 1. The van der Waals surface area contributed by atoms with E-state index in [1.165, 1.54) is 4.90 Å². The van der Waals surface area contributed by atoms with E-state index in [4.69, 9.17) is 4.74 Å². The molecule has 1 aliphatic carbocycles. The molecule has 3 rings (SSSR count). The number of nitrogens with zero attached hydrogens (tertiary/aromatic N) is 1. The smallest absolute Gasteiger partial charge is 0.334 e. The summed E-state index contributed by atoms with van der Waals surface area (Å²) < 4.78 is 4.97. The minimum Gasteiger partial charge on any atom is -0.463 e. The zero-order valence-electron chi connectivity index (χ0n) is 11.6. The Morgan fingerprint density at radius 1 is 1.24 bits per heavy atom. The molecule has 5 nitrogen and oxygen atoms in total. The van der Waals surface area contributed by atoms with Crippen molar-refractivity contribution in [3.8, 4) is 0 Å². The van der Waals surface area contributed by atoms with Crippen molar-refractivity contribution in [2.75, 3.05) is 11.5 Å². The van der Waals surface area contributed by atoms with Crippen LogP contribution in [0.4, 0.5) is 5.69 Å². The third-order valence-electron chi connectivity index (χ3n) is 3.88. The topological polar surface area (TPSA) is 63.7 Å². The number of imide groups is 1. The van der Waals surface area contributed by atoms with Crippen LogP contribution in [-0.2, 0) is 19.1 Å². The second-order valence-corrected chi connectivity index (χ2v) is 5.05. The molecule has 0 radical (unpaired) electrons. The van der Waals surface area contributed by atoms with Crippen LogP contribution in [-0.4, -0.2) is 24.4 Å². The van der Waals surface area contributed by atoms with Gasteiger partial charge in [-0.05, 0) is 25.5 Å². The van der Waals surface area contributed by atoms with E-state index >= 15 is 0 Å². The number of benzene rings is 1. The molecule has 1 saturated heterocycles. The molecule has 2 aliphatic rings. The highest BCUT2D eigenvalue weighted by Crippen LogP contribution is 2.42. The van der Waals surface area contributed by atoms with Crippen molar-refractivity contribution in [1.82, 2.24) is 0 Å². The maximum absolute atomic E-state index is 12.6. The Morgan fingerprint density at radius 2 is 1.95 bits per heavy atom. The Morgan fingerprint density at radius 3 is 2.62 bits per heavy atom. The molecule has 0 bridgehead atoms. The number of hydrogen-bond acceptors (Lipinski definition) is 4. The lowest BCUT2D eigenvalue weighted by Crippen LogP contribution is -2.32. The lowest BCUT2D eigenvalue weighted by molar-refractivity contribution is -0.140. The van der Waals surface area contributed by atoms with Crippen molar-refractivity contribution >= 4 is 23.5 Å². The highest BCUT2D eigenvalue weighted by atomic mass is 16.5. The lowest BCUT2D eigenvalue weighted by atomic mass is 9.94. The molecule has 0 spiro atoms. The van der Waals surface area contributed by atoms with E-state index in [0.29, 0.717) is 17.7 Å². The monoisotopic (exact) mass is 285 g/mol. The molecule has 0 saturated carbocycles. The molecular formula is C16H15NO4. The van der Waals surface area contributed by atoms with Crippen LogP contribution >= 0.6 is 0 Å². The molecule has 5 heteroatoms. The number of para-hydroxylation sites is 1. The molecule has 108 valence electrons. The van der Waals surface area contributed by atoms with Crippen LogP contribution in [0.5, 0.6) is 0 Å². The maximum atomic E-state index is 12.6. The van der Waals surface area contributed by atoms with Crippen molar-refractivity contribution < 1.29 is 19.1 Å². The number of esters is 1. The van der Waals surface area contributed by atoms with Gasteiger partial charge in [0.1, 0.15) is 0 Å². The minimum atomic E-state index is -0.697. The zero-order valence-corrected chi connectivity index (χ0v) is 11.6. The summed E-state index contributed by atoms with van der Waals surface area (Å²) in [5.41, 5.74) is 0.865. The van der Waals surface area contributed by atoms with Crippen molar-refractivity contribution in [2.24, 2.45) is 11.8 Å². The largest absolute Gasteiger partial charge is 0.463 e. The molecule has 1 aromatic rings. The van der Waals surface area contributed by atoms with Gasteiger partial charge in [-0.2, -0.15) is 0 Å². The van der Waals surface area contributed by atoms with Gasteiger partial charge < -0.3 is 4.74 Å². The van der Waals surface area contributed by atoms with Crippen LogP contribution in [0.2, 0.25) is 0 Å². The number of amides is 2. The fourth-order valence-electron chi connectivity index (χ4n) is 2.95. The van der Waals surface area contributed by atoms with E-state index in [1.54, 1.807) is 37.3 Å². The van der Waals surface area contributed by atoms with Crippen molar-refractivity contribution in [3.05, 3.63) is 42.0 Å². The van der Waals surface area contributed by atoms with E-state index in [0.717, 1.165) is 0 Å². The highest BCUT2D eigenvalue weighted by molar-refractivity contribution is 6.25. The molecule has 1 aromatic carbocycles. The number of carbonyl (C=O) groups excluding carboxylic acids is 3. The van der Waals surface area contributed by atoms with Crippen molar-refractivity contribution in [2.45, 2.75) is 13.3 Å². The van der Waals surface area contributed by atoms with E-state index in [2.05, 4.69) is 0 Å². The molecule has 1 aliphatic heterocycles. The number of anilines is 1. The van der Waals surface area contributed by atoms with Crippen LogP contribution in [0.15, 0.2) is 42.0 Å².